The summed E-state index contributed by atoms with van der Waals surface area (Å²) in [5.41, 5.74) is 2.57. The first-order valence-corrected chi connectivity index (χ1v) is 8.96. The third kappa shape index (κ3) is 3.47. The molecule has 22 heavy (non-hydrogen) atoms. The van der Waals surface area contributed by atoms with Crippen molar-refractivity contribution in [3.8, 4) is 22.5 Å². The second kappa shape index (κ2) is 6.76. The highest BCUT2D eigenvalue weighted by atomic mass is 35.7. The number of rotatable bonds is 2. The molecule has 0 unspecified atom stereocenters. The number of halogens is 3. The van der Waals surface area contributed by atoms with Gasteiger partial charge in [-0.2, -0.15) is 0 Å². The van der Waals surface area contributed by atoms with Gasteiger partial charge in [-0.05, 0) is 24.3 Å². The van der Waals surface area contributed by atoms with Crippen LogP contribution in [0.2, 0.25) is 10.0 Å². The lowest BCUT2D eigenvalue weighted by molar-refractivity contribution is 0.448. The van der Waals surface area contributed by atoms with Gasteiger partial charge in [0.05, 0.1) is 0 Å². The molecule has 0 spiro atoms. The highest BCUT2D eigenvalue weighted by Crippen LogP contribution is 2.34. The molecule has 0 fully saturated rings. The van der Waals surface area contributed by atoms with Gasteiger partial charge in [-0.25, -0.2) is 0 Å². The van der Waals surface area contributed by atoms with Crippen molar-refractivity contribution >= 4 is 41.8 Å². The van der Waals surface area contributed by atoms with E-state index in [9.17, 15) is 0 Å². The van der Waals surface area contributed by atoms with Crippen LogP contribution in [0.15, 0.2) is 57.1 Å². The molecule has 0 radical (unpaired) electrons. The van der Waals surface area contributed by atoms with Crippen LogP contribution in [0.4, 0.5) is 0 Å². The first kappa shape index (κ1) is 15.4. The van der Waals surface area contributed by atoms with Crippen molar-refractivity contribution in [2.45, 2.75) is 0 Å². The van der Waals surface area contributed by atoms with E-state index < -0.39 is 7.37 Å². The third-order valence-electron chi connectivity index (χ3n) is 2.85. The van der Waals surface area contributed by atoms with Gasteiger partial charge >= 0.3 is 7.37 Å². The zero-order chi connectivity index (χ0) is 15.5. The summed E-state index contributed by atoms with van der Waals surface area (Å²) in [5.74, 6) is 0. The molecule has 4 nitrogen and oxygen atoms in total. The highest BCUT2D eigenvalue weighted by molar-refractivity contribution is 7.68. The summed E-state index contributed by atoms with van der Waals surface area (Å²) >= 11 is 17.7. The molecule has 0 aliphatic heterocycles. The molecule has 3 rings (SSSR count). The Morgan fingerprint density at radius 1 is 0.682 bits per heavy atom. The van der Waals surface area contributed by atoms with E-state index in [0.717, 1.165) is 11.1 Å². The van der Waals surface area contributed by atoms with Crippen molar-refractivity contribution in [2.75, 3.05) is 0 Å². The Morgan fingerprint density at radius 3 is 1.41 bits per heavy atom. The Morgan fingerprint density at radius 2 is 1.05 bits per heavy atom. The first-order valence-electron chi connectivity index (χ1n) is 6.12. The lowest BCUT2D eigenvalue weighted by Crippen LogP contribution is -1.88. The standard InChI is InChI=1S/C14H8Cl3N2O2P/c15-11-5-1-9(2-6-11)13-14(19-21-22(17)20-18-13)10-3-7-12(16)8-4-10/h1-8H. The summed E-state index contributed by atoms with van der Waals surface area (Å²) in [4.78, 5) is 0. The largest absolute Gasteiger partial charge is 0.371 e. The maximum Gasteiger partial charge on any atom is 0.371 e. The van der Waals surface area contributed by atoms with Crippen molar-refractivity contribution in [1.29, 1.82) is 0 Å². The summed E-state index contributed by atoms with van der Waals surface area (Å²) in [6.07, 6.45) is 0. The molecule has 8 heteroatoms. The summed E-state index contributed by atoms with van der Waals surface area (Å²) < 4.78 is 10.2. The Labute approximate surface area is 141 Å². The van der Waals surface area contributed by atoms with Crippen LogP contribution in [0.5, 0.6) is 0 Å². The lowest BCUT2D eigenvalue weighted by atomic mass is 10.1. The van der Waals surface area contributed by atoms with E-state index in [1.807, 2.05) is 24.3 Å². The maximum absolute atomic E-state index is 5.92. The van der Waals surface area contributed by atoms with E-state index >= 15 is 0 Å². The molecule has 0 saturated heterocycles. The second-order valence-electron chi connectivity index (χ2n) is 4.27. The van der Waals surface area contributed by atoms with Crippen LogP contribution < -0.4 is 0 Å². The molecule has 0 aliphatic carbocycles. The fourth-order valence-electron chi connectivity index (χ4n) is 1.84. The quantitative estimate of drug-likeness (QED) is 0.520. The van der Waals surface area contributed by atoms with Crippen molar-refractivity contribution in [3.63, 3.8) is 0 Å². The van der Waals surface area contributed by atoms with Crippen LogP contribution in [0.25, 0.3) is 22.5 Å². The van der Waals surface area contributed by atoms with Gasteiger partial charge < -0.3 is 0 Å². The van der Waals surface area contributed by atoms with Gasteiger partial charge in [-0.3, -0.25) is 8.61 Å². The average Bonchev–Trinajstić information content (AvgIpc) is 2.71. The van der Waals surface area contributed by atoms with Gasteiger partial charge in [-0.1, -0.05) is 57.8 Å². The zero-order valence-electron chi connectivity index (χ0n) is 10.9. The number of hydrogen-bond donors (Lipinski definition) is 0. The summed E-state index contributed by atoms with van der Waals surface area (Å²) in [6.45, 7) is 0. The van der Waals surface area contributed by atoms with Gasteiger partial charge in [0.25, 0.3) is 0 Å². The van der Waals surface area contributed by atoms with Gasteiger partial charge in [-0.15, -0.1) is 0 Å². The lowest BCUT2D eigenvalue weighted by Gasteiger charge is -2.03. The smallest absolute Gasteiger partial charge is 0.295 e. The van der Waals surface area contributed by atoms with Gasteiger partial charge in [0, 0.05) is 32.4 Å². The number of benzene rings is 2. The zero-order valence-corrected chi connectivity index (χ0v) is 14.1. The van der Waals surface area contributed by atoms with E-state index in [1.165, 1.54) is 0 Å². The first-order chi connectivity index (χ1) is 10.6. The monoisotopic (exact) mass is 372 g/mol. The SMILES string of the molecule is Clc1ccc(-c2nop(Cl)onc2-c2ccc(Cl)cc2)cc1. The fraction of sp³-hybridized carbons (Fsp3) is 0. The highest BCUT2D eigenvalue weighted by Gasteiger charge is 2.13. The predicted molar refractivity (Wildman–Crippen MR) is 89.0 cm³/mol. The number of hydrogen-bond acceptors (Lipinski definition) is 4. The molecule has 0 N–H and O–H groups in total. The van der Waals surface area contributed by atoms with Crippen LogP contribution in [0.1, 0.15) is 0 Å². The van der Waals surface area contributed by atoms with E-state index in [1.54, 1.807) is 24.3 Å². The van der Waals surface area contributed by atoms with Crippen molar-refractivity contribution < 1.29 is 8.61 Å². The van der Waals surface area contributed by atoms with Crippen molar-refractivity contribution in [2.24, 2.45) is 0 Å². The molecule has 112 valence electrons. The van der Waals surface area contributed by atoms with Crippen LogP contribution in [-0.4, -0.2) is 10.3 Å². The minimum Gasteiger partial charge on any atom is -0.295 e. The normalized spacial score (nSPS) is 10.5. The van der Waals surface area contributed by atoms with Gasteiger partial charge in [0.1, 0.15) is 11.4 Å². The van der Waals surface area contributed by atoms with E-state index in [0.29, 0.717) is 21.4 Å². The molecule has 1 aromatic heterocycles. The van der Waals surface area contributed by atoms with Crippen LogP contribution in [0.3, 0.4) is 0 Å². The Balaban J connectivity index is 2.22. The van der Waals surface area contributed by atoms with Crippen LogP contribution >= 0.6 is 41.8 Å². The second-order valence-corrected chi connectivity index (χ2v) is 6.72. The van der Waals surface area contributed by atoms with Gasteiger partial charge in [0.2, 0.25) is 0 Å². The molecule has 3 aromatic rings. The summed E-state index contributed by atoms with van der Waals surface area (Å²) in [7, 11) is -1.72. The van der Waals surface area contributed by atoms with Gasteiger partial charge in [0.15, 0.2) is 0 Å². The molecular weight excluding hydrogens is 365 g/mol. The van der Waals surface area contributed by atoms with Crippen molar-refractivity contribution in [3.05, 3.63) is 58.6 Å². The van der Waals surface area contributed by atoms with Crippen molar-refractivity contribution in [1.82, 2.24) is 10.3 Å². The third-order valence-corrected chi connectivity index (χ3v) is 4.15. The topological polar surface area (TPSA) is 52.1 Å². The fourth-order valence-corrected chi connectivity index (χ4v) is 2.60. The number of aromatic nitrogens is 2. The molecule has 0 amide bonds. The molecular formula is C14H8Cl3N2O2P. The molecule has 0 atom stereocenters. The minimum absolute atomic E-state index is 0.504. The Hall–Kier alpha value is -1.45. The molecule has 1 heterocycles. The molecule has 0 saturated carbocycles. The molecule has 0 bridgehead atoms. The predicted octanol–water partition coefficient (Wildman–Crippen LogP) is 6.42. The Bertz CT molecular complexity index is 752. The summed E-state index contributed by atoms with van der Waals surface area (Å²) in [6, 6.07) is 14.3. The van der Waals surface area contributed by atoms with Crippen LogP contribution in [0, 0.1) is 0 Å². The van der Waals surface area contributed by atoms with E-state index in [2.05, 4.69) is 10.3 Å². The summed E-state index contributed by atoms with van der Waals surface area (Å²) in [5, 5.41) is 9.38. The molecule has 0 aliphatic rings. The Kier molecular flexibility index (Phi) is 4.74. The van der Waals surface area contributed by atoms with Crippen LogP contribution in [-0.2, 0) is 0 Å². The minimum atomic E-state index is -1.72. The van der Waals surface area contributed by atoms with E-state index in [4.69, 9.17) is 43.0 Å². The maximum atomic E-state index is 5.92. The van der Waals surface area contributed by atoms with E-state index in [-0.39, 0.29) is 0 Å². The number of nitrogens with zero attached hydrogens (tertiary/aromatic N) is 2. The average molecular weight is 374 g/mol. The molecule has 2 aromatic carbocycles.